The van der Waals surface area contributed by atoms with E-state index in [1.54, 1.807) is 7.11 Å². The van der Waals surface area contributed by atoms with E-state index in [1.807, 2.05) is 13.8 Å². The van der Waals surface area contributed by atoms with Gasteiger partial charge in [-0.25, -0.2) is 0 Å². The van der Waals surface area contributed by atoms with Gasteiger partial charge >= 0.3 is 0 Å². The maximum absolute atomic E-state index is 5.48. The summed E-state index contributed by atoms with van der Waals surface area (Å²) in [5.74, 6) is 0.826. The average molecular weight is 115 g/mol. The first-order chi connectivity index (χ1) is 3.72. The molecule has 0 bridgehead atoms. The van der Waals surface area contributed by atoms with Crippen molar-refractivity contribution < 1.29 is 4.74 Å². The van der Waals surface area contributed by atoms with Gasteiger partial charge < -0.3 is 10.5 Å². The van der Waals surface area contributed by atoms with Gasteiger partial charge in [0.25, 0.3) is 0 Å². The quantitative estimate of drug-likeness (QED) is 0.549. The van der Waals surface area contributed by atoms with Gasteiger partial charge in [-0.05, 0) is 13.3 Å². The molecule has 0 heterocycles. The van der Waals surface area contributed by atoms with E-state index in [0.717, 1.165) is 17.9 Å². The van der Waals surface area contributed by atoms with Crippen molar-refractivity contribution in [2.24, 2.45) is 5.73 Å². The van der Waals surface area contributed by atoms with Crippen LogP contribution in [0.1, 0.15) is 20.3 Å². The maximum atomic E-state index is 5.48. The topological polar surface area (TPSA) is 35.2 Å². The van der Waals surface area contributed by atoms with E-state index in [0.29, 0.717) is 0 Å². The second-order valence-electron chi connectivity index (χ2n) is 1.64. The molecular weight excluding hydrogens is 102 g/mol. The van der Waals surface area contributed by atoms with E-state index < -0.39 is 0 Å². The molecule has 0 aromatic rings. The normalized spacial score (nSPS) is 12.9. The Balaban J connectivity index is 3.83. The zero-order chi connectivity index (χ0) is 6.57. The monoisotopic (exact) mass is 115 g/mol. The van der Waals surface area contributed by atoms with Crippen molar-refractivity contribution in [2.75, 3.05) is 7.11 Å². The van der Waals surface area contributed by atoms with Crippen LogP contribution in [0.15, 0.2) is 11.5 Å². The van der Waals surface area contributed by atoms with E-state index in [2.05, 4.69) is 0 Å². The van der Waals surface area contributed by atoms with Gasteiger partial charge in [0.2, 0.25) is 0 Å². The standard InChI is InChI=1S/C6H13NO/c1-4-6(7)5(2)8-3/h4,7H2,1-3H3/b6-5+. The van der Waals surface area contributed by atoms with E-state index in [4.69, 9.17) is 10.5 Å². The van der Waals surface area contributed by atoms with Crippen molar-refractivity contribution in [3.63, 3.8) is 0 Å². The second kappa shape index (κ2) is 3.36. The lowest BCUT2D eigenvalue weighted by molar-refractivity contribution is 0.287. The third-order valence-corrected chi connectivity index (χ3v) is 1.14. The molecule has 48 valence electrons. The maximum Gasteiger partial charge on any atom is 0.111 e. The predicted molar refractivity (Wildman–Crippen MR) is 34.2 cm³/mol. The Bertz CT molecular complexity index is 84.7. The van der Waals surface area contributed by atoms with Crippen molar-refractivity contribution in [3.05, 3.63) is 11.5 Å². The fourth-order valence-corrected chi connectivity index (χ4v) is 0.380. The molecule has 0 aliphatic carbocycles. The summed E-state index contributed by atoms with van der Waals surface area (Å²) in [6.07, 6.45) is 0.861. The summed E-state index contributed by atoms with van der Waals surface area (Å²) < 4.78 is 4.86. The van der Waals surface area contributed by atoms with Crippen LogP contribution >= 0.6 is 0 Å². The number of allylic oxidation sites excluding steroid dienone is 2. The van der Waals surface area contributed by atoms with Crippen LogP contribution in [0, 0.1) is 0 Å². The van der Waals surface area contributed by atoms with Gasteiger partial charge in [-0.15, -0.1) is 0 Å². The molecule has 8 heavy (non-hydrogen) atoms. The van der Waals surface area contributed by atoms with Gasteiger partial charge in [-0.2, -0.15) is 0 Å². The minimum absolute atomic E-state index is 0.826. The summed E-state index contributed by atoms with van der Waals surface area (Å²) in [4.78, 5) is 0. The first-order valence-electron chi connectivity index (χ1n) is 2.71. The molecule has 0 rings (SSSR count). The molecule has 0 spiro atoms. The molecule has 0 aliphatic rings. The second-order valence-corrected chi connectivity index (χ2v) is 1.64. The predicted octanol–water partition coefficient (Wildman–Crippen LogP) is 1.23. The first kappa shape index (κ1) is 7.34. The zero-order valence-electron chi connectivity index (χ0n) is 5.69. The lowest BCUT2D eigenvalue weighted by atomic mass is 10.3. The summed E-state index contributed by atoms with van der Waals surface area (Å²) in [5, 5.41) is 0. The van der Waals surface area contributed by atoms with Crippen LogP contribution < -0.4 is 5.73 Å². The van der Waals surface area contributed by atoms with Crippen molar-refractivity contribution in [1.82, 2.24) is 0 Å². The largest absolute Gasteiger partial charge is 0.500 e. The van der Waals surface area contributed by atoms with E-state index in [1.165, 1.54) is 0 Å². The van der Waals surface area contributed by atoms with Gasteiger partial charge in [0, 0.05) is 5.70 Å². The van der Waals surface area contributed by atoms with Gasteiger partial charge in [0.1, 0.15) is 5.76 Å². The lowest BCUT2D eigenvalue weighted by Gasteiger charge is -2.01. The molecule has 0 unspecified atom stereocenters. The third-order valence-electron chi connectivity index (χ3n) is 1.14. The highest BCUT2D eigenvalue weighted by atomic mass is 16.5. The van der Waals surface area contributed by atoms with E-state index >= 15 is 0 Å². The van der Waals surface area contributed by atoms with Crippen molar-refractivity contribution in [1.29, 1.82) is 0 Å². The van der Waals surface area contributed by atoms with Gasteiger partial charge in [0.15, 0.2) is 0 Å². The number of hydrogen-bond donors (Lipinski definition) is 1. The van der Waals surface area contributed by atoms with Gasteiger partial charge in [0.05, 0.1) is 7.11 Å². The minimum Gasteiger partial charge on any atom is -0.500 e. The summed E-state index contributed by atoms with van der Waals surface area (Å²) in [6, 6.07) is 0. The highest BCUT2D eigenvalue weighted by Crippen LogP contribution is 2.00. The Kier molecular flexibility index (Phi) is 3.08. The van der Waals surface area contributed by atoms with Crippen LogP contribution in [0.2, 0.25) is 0 Å². The van der Waals surface area contributed by atoms with Crippen LogP contribution in [0.25, 0.3) is 0 Å². The fourth-order valence-electron chi connectivity index (χ4n) is 0.380. The molecule has 2 N–H and O–H groups in total. The smallest absolute Gasteiger partial charge is 0.111 e. The van der Waals surface area contributed by atoms with Crippen molar-refractivity contribution >= 4 is 0 Å². The number of nitrogens with two attached hydrogens (primary N) is 1. The highest BCUT2D eigenvalue weighted by Gasteiger charge is 1.90. The number of methoxy groups -OCH3 is 1. The first-order valence-corrected chi connectivity index (χ1v) is 2.71. The Labute approximate surface area is 50.3 Å². The van der Waals surface area contributed by atoms with Crippen LogP contribution in [0.5, 0.6) is 0 Å². The van der Waals surface area contributed by atoms with Crippen LogP contribution in [0.4, 0.5) is 0 Å². The number of ether oxygens (including phenoxy) is 1. The van der Waals surface area contributed by atoms with Crippen LogP contribution in [-0.4, -0.2) is 7.11 Å². The van der Waals surface area contributed by atoms with E-state index in [9.17, 15) is 0 Å². The van der Waals surface area contributed by atoms with Crippen molar-refractivity contribution in [2.45, 2.75) is 20.3 Å². The molecule has 0 saturated heterocycles. The lowest BCUT2D eigenvalue weighted by Crippen LogP contribution is -1.99. The molecule has 0 saturated carbocycles. The Morgan fingerprint density at radius 1 is 1.62 bits per heavy atom. The summed E-state index contributed by atoms with van der Waals surface area (Å²) in [5.41, 5.74) is 6.31. The molecule has 0 aromatic carbocycles. The molecule has 0 fully saturated rings. The molecule has 0 aromatic heterocycles. The summed E-state index contributed by atoms with van der Waals surface area (Å²) in [7, 11) is 1.62. The molecule has 2 nitrogen and oxygen atoms in total. The minimum atomic E-state index is 0.826. The molecule has 2 heteroatoms. The molecule has 0 atom stereocenters. The fraction of sp³-hybridized carbons (Fsp3) is 0.667. The number of rotatable bonds is 2. The molecular formula is C6H13NO. The Morgan fingerprint density at radius 3 is 2.25 bits per heavy atom. The molecule has 0 radical (unpaired) electrons. The highest BCUT2D eigenvalue weighted by molar-refractivity contribution is 4.99. The summed E-state index contributed by atoms with van der Waals surface area (Å²) in [6.45, 7) is 3.86. The Morgan fingerprint density at radius 2 is 2.12 bits per heavy atom. The Hall–Kier alpha value is -0.660. The average Bonchev–Trinajstić information content (AvgIpc) is 1.84. The molecule has 0 amide bonds. The van der Waals surface area contributed by atoms with Gasteiger partial charge in [-0.1, -0.05) is 6.92 Å². The van der Waals surface area contributed by atoms with Crippen LogP contribution in [-0.2, 0) is 4.74 Å². The number of hydrogen-bond acceptors (Lipinski definition) is 2. The SMILES string of the molecule is CC/C(N)=C(/C)OC. The third kappa shape index (κ3) is 1.87. The van der Waals surface area contributed by atoms with E-state index in [-0.39, 0.29) is 0 Å². The zero-order valence-corrected chi connectivity index (χ0v) is 5.69. The van der Waals surface area contributed by atoms with Crippen LogP contribution in [0.3, 0.4) is 0 Å². The van der Waals surface area contributed by atoms with Crippen molar-refractivity contribution in [3.8, 4) is 0 Å². The van der Waals surface area contributed by atoms with Gasteiger partial charge in [-0.3, -0.25) is 0 Å². The summed E-state index contributed by atoms with van der Waals surface area (Å²) >= 11 is 0. The molecule has 0 aliphatic heterocycles.